The van der Waals surface area contributed by atoms with E-state index < -0.39 is 21.7 Å². The number of hydrogen-bond acceptors (Lipinski definition) is 6. The number of pyridine rings is 1. The summed E-state index contributed by atoms with van der Waals surface area (Å²) in [6.07, 6.45) is 1.47. The van der Waals surface area contributed by atoms with Crippen LogP contribution < -0.4 is 5.32 Å². The molecule has 128 valence electrons. The van der Waals surface area contributed by atoms with Gasteiger partial charge < -0.3 is 10.4 Å². The number of halogens is 2. The molecule has 0 bridgehead atoms. The van der Waals surface area contributed by atoms with Crippen LogP contribution in [0, 0.1) is 0 Å². The number of likely N-dealkylation sites (N-methyl/N-ethyl adjacent to an activating group) is 1. The van der Waals surface area contributed by atoms with Gasteiger partial charge in [-0.2, -0.15) is 0 Å². The van der Waals surface area contributed by atoms with E-state index in [1.165, 1.54) is 19.3 Å². The smallest absolute Gasteiger partial charge is 0.278 e. The molecule has 0 fully saturated rings. The molecule has 0 radical (unpaired) electrons. The van der Waals surface area contributed by atoms with Crippen molar-refractivity contribution in [2.75, 3.05) is 12.4 Å². The summed E-state index contributed by atoms with van der Waals surface area (Å²) >= 11 is 6.73. The van der Waals surface area contributed by atoms with Crippen molar-refractivity contribution in [2.45, 2.75) is 4.90 Å². The van der Waals surface area contributed by atoms with Gasteiger partial charge in [0, 0.05) is 13.2 Å². The van der Waals surface area contributed by atoms with Crippen molar-refractivity contribution in [3.05, 3.63) is 45.4 Å². The second-order valence-electron chi connectivity index (χ2n) is 4.58. The Hall–Kier alpha value is -1.81. The molecule has 2 aromatic rings. The largest absolute Gasteiger partial charge is 0.504 e. The van der Waals surface area contributed by atoms with Crippen LogP contribution >= 0.6 is 35.3 Å². The minimum absolute atomic E-state index is 0. The number of sulfonamides is 1. The third kappa shape index (κ3) is 2.95. The van der Waals surface area contributed by atoms with Gasteiger partial charge >= 0.3 is 0 Å². The highest BCUT2D eigenvalue weighted by Gasteiger charge is 2.39. The van der Waals surface area contributed by atoms with Crippen molar-refractivity contribution < 1.29 is 18.3 Å². The first-order valence-electron chi connectivity index (χ1n) is 6.26. The molecule has 1 aliphatic rings. The average molecular weight is 408 g/mol. The van der Waals surface area contributed by atoms with Gasteiger partial charge in [0.05, 0.1) is 9.21 Å². The molecule has 3 rings (SSSR count). The van der Waals surface area contributed by atoms with E-state index in [0.29, 0.717) is 0 Å². The Kier molecular flexibility index (Phi) is 5.09. The first-order valence-corrected chi connectivity index (χ1v) is 8.90. The average Bonchev–Trinajstić information content (AvgIpc) is 2.90. The maximum atomic E-state index is 12.5. The molecule has 0 saturated heterocycles. The molecular weight excluding hydrogens is 397 g/mol. The summed E-state index contributed by atoms with van der Waals surface area (Å²) in [6, 6.07) is 6.12. The van der Waals surface area contributed by atoms with Crippen LogP contribution in [0.25, 0.3) is 5.76 Å². The Balaban J connectivity index is 0.00000208. The molecule has 0 aromatic carbocycles. The number of nitrogens with zero attached hydrogens (tertiary/aromatic N) is 2. The topological polar surface area (TPSA) is 99.6 Å². The van der Waals surface area contributed by atoms with Gasteiger partial charge in [0.15, 0.2) is 11.5 Å². The summed E-state index contributed by atoms with van der Waals surface area (Å²) in [4.78, 5) is 16.2. The highest BCUT2D eigenvalue weighted by Crippen LogP contribution is 2.41. The number of aliphatic hydroxyl groups is 1. The molecule has 11 heteroatoms. The van der Waals surface area contributed by atoms with Crippen molar-refractivity contribution >= 4 is 62.9 Å². The normalized spacial score (nSPS) is 15.5. The molecule has 2 aromatic heterocycles. The number of rotatable bonds is 2. The van der Waals surface area contributed by atoms with E-state index in [1.807, 2.05) is 0 Å². The predicted octanol–water partition coefficient (Wildman–Crippen LogP) is 2.72. The Morgan fingerprint density at radius 2 is 2.12 bits per heavy atom. The van der Waals surface area contributed by atoms with Crippen molar-refractivity contribution in [3.8, 4) is 0 Å². The number of nitrogens with one attached hydrogen (secondary N) is 1. The number of amides is 1. The van der Waals surface area contributed by atoms with Crippen LogP contribution in [0.1, 0.15) is 4.88 Å². The molecule has 0 spiro atoms. The molecule has 24 heavy (non-hydrogen) atoms. The third-order valence-corrected chi connectivity index (χ3v) is 6.36. The number of anilines is 1. The fourth-order valence-electron chi connectivity index (χ4n) is 2.09. The molecular formula is C13H11Cl2N3O4S2. The summed E-state index contributed by atoms with van der Waals surface area (Å²) in [6.45, 7) is 0. The van der Waals surface area contributed by atoms with Crippen LogP contribution in [0.2, 0.25) is 4.34 Å². The Morgan fingerprint density at radius 3 is 2.75 bits per heavy atom. The molecule has 1 amide bonds. The monoisotopic (exact) mass is 407 g/mol. The molecule has 0 aliphatic carbocycles. The maximum absolute atomic E-state index is 12.5. The zero-order chi connectivity index (χ0) is 16.8. The molecule has 7 nitrogen and oxygen atoms in total. The zero-order valence-corrected chi connectivity index (χ0v) is 15.3. The molecule has 2 N–H and O–H groups in total. The lowest BCUT2D eigenvalue weighted by Gasteiger charge is -2.26. The Labute approximate surface area is 153 Å². The maximum Gasteiger partial charge on any atom is 0.278 e. The highest BCUT2D eigenvalue weighted by atomic mass is 35.5. The minimum atomic E-state index is -3.96. The number of carbonyl (C=O) groups is 1. The summed E-state index contributed by atoms with van der Waals surface area (Å²) in [5, 5.41) is 12.8. The number of aromatic nitrogens is 1. The van der Waals surface area contributed by atoms with Gasteiger partial charge in [0.25, 0.3) is 15.9 Å². The summed E-state index contributed by atoms with van der Waals surface area (Å²) in [5.41, 5.74) is -0.387. The SMILES string of the molecule is CN1C(C(=O)Nc2ccccn2)=C(O)c2sc(Cl)cc2S1(=O)=O.Cl. The Morgan fingerprint density at radius 1 is 1.42 bits per heavy atom. The fraction of sp³-hybridized carbons (Fsp3) is 0.0769. The standard InChI is InChI=1S/C13H10ClN3O4S2.ClH/c1-17-10(13(19)16-9-4-2-3-5-15-9)11(18)12-7(23(17,20)21)6-8(14)22-12;/h2-6,18H,1H3,(H,15,16,19);1H. The zero-order valence-electron chi connectivity index (χ0n) is 12.1. The minimum Gasteiger partial charge on any atom is -0.504 e. The van der Waals surface area contributed by atoms with Crippen LogP contribution in [-0.2, 0) is 14.8 Å². The van der Waals surface area contributed by atoms with Gasteiger partial charge in [-0.3, -0.25) is 9.10 Å². The van der Waals surface area contributed by atoms with Gasteiger partial charge in [-0.15, -0.1) is 23.7 Å². The van der Waals surface area contributed by atoms with Crippen molar-refractivity contribution in [3.63, 3.8) is 0 Å². The number of thiophene rings is 1. The molecule has 0 atom stereocenters. The van der Waals surface area contributed by atoms with E-state index >= 15 is 0 Å². The Bertz CT molecular complexity index is 926. The van der Waals surface area contributed by atoms with Gasteiger partial charge in [-0.25, -0.2) is 13.4 Å². The van der Waals surface area contributed by atoms with Crippen molar-refractivity contribution in [1.82, 2.24) is 9.29 Å². The van der Waals surface area contributed by atoms with Gasteiger partial charge in [0.1, 0.15) is 10.7 Å². The van der Waals surface area contributed by atoms with Crippen LogP contribution in [0.5, 0.6) is 0 Å². The quantitative estimate of drug-likeness (QED) is 0.796. The van der Waals surface area contributed by atoms with Gasteiger partial charge in [-0.1, -0.05) is 17.7 Å². The fourth-order valence-corrected chi connectivity index (χ4v) is 5.04. The lowest BCUT2D eigenvalue weighted by Crippen LogP contribution is -2.36. The number of fused-ring (bicyclic) bond motifs is 1. The summed E-state index contributed by atoms with van der Waals surface area (Å²) in [7, 11) is -2.77. The van der Waals surface area contributed by atoms with Crippen LogP contribution in [0.4, 0.5) is 5.82 Å². The molecule has 1 aliphatic heterocycles. The van der Waals surface area contributed by atoms with E-state index in [9.17, 15) is 18.3 Å². The molecule has 0 saturated carbocycles. The van der Waals surface area contributed by atoms with E-state index in [0.717, 1.165) is 15.6 Å². The van der Waals surface area contributed by atoms with Gasteiger partial charge in [0.2, 0.25) is 0 Å². The van der Waals surface area contributed by atoms with E-state index in [2.05, 4.69) is 10.3 Å². The van der Waals surface area contributed by atoms with E-state index in [1.54, 1.807) is 18.2 Å². The summed E-state index contributed by atoms with van der Waals surface area (Å²) < 4.78 is 25.9. The highest BCUT2D eigenvalue weighted by molar-refractivity contribution is 7.89. The van der Waals surface area contributed by atoms with Crippen LogP contribution in [0.15, 0.2) is 41.1 Å². The van der Waals surface area contributed by atoms with E-state index in [4.69, 9.17) is 11.6 Å². The molecule has 0 unspecified atom stereocenters. The van der Waals surface area contributed by atoms with Crippen LogP contribution in [-0.4, -0.2) is 35.8 Å². The first-order chi connectivity index (χ1) is 10.8. The third-order valence-electron chi connectivity index (χ3n) is 3.18. The first kappa shape index (κ1) is 18.5. The molecule has 3 heterocycles. The lowest BCUT2D eigenvalue weighted by molar-refractivity contribution is -0.113. The second kappa shape index (κ2) is 6.60. The second-order valence-corrected chi connectivity index (χ2v) is 8.20. The lowest BCUT2D eigenvalue weighted by atomic mass is 10.3. The number of carbonyl (C=O) groups excluding carboxylic acids is 1. The number of hydrogen-bond donors (Lipinski definition) is 2. The number of aliphatic hydroxyl groups excluding tert-OH is 1. The van der Waals surface area contributed by atoms with Gasteiger partial charge in [-0.05, 0) is 18.2 Å². The van der Waals surface area contributed by atoms with Crippen molar-refractivity contribution in [1.29, 1.82) is 0 Å². The van der Waals surface area contributed by atoms with Crippen LogP contribution in [0.3, 0.4) is 0 Å². The summed E-state index contributed by atoms with van der Waals surface area (Å²) in [5.74, 6) is -0.997. The van der Waals surface area contributed by atoms with E-state index in [-0.39, 0.29) is 38.0 Å². The van der Waals surface area contributed by atoms with Crippen molar-refractivity contribution in [2.24, 2.45) is 0 Å². The predicted molar refractivity (Wildman–Crippen MR) is 93.9 cm³/mol.